The Morgan fingerprint density at radius 1 is 1.27 bits per heavy atom. The fourth-order valence-corrected chi connectivity index (χ4v) is 3.50. The molecule has 1 saturated heterocycles. The molecule has 2 aromatic heterocycles. The lowest BCUT2D eigenvalue weighted by Gasteiger charge is -2.37. The molecule has 2 fully saturated rings. The highest BCUT2D eigenvalue weighted by Gasteiger charge is 2.35. The van der Waals surface area contributed by atoms with Crippen LogP contribution >= 0.6 is 0 Å². The molecule has 1 amide bonds. The van der Waals surface area contributed by atoms with E-state index in [1.165, 1.54) is 0 Å². The van der Waals surface area contributed by atoms with Crippen LogP contribution in [0.25, 0.3) is 0 Å². The summed E-state index contributed by atoms with van der Waals surface area (Å²) >= 11 is 0. The van der Waals surface area contributed by atoms with Crippen molar-refractivity contribution >= 4 is 5.91 Å². The van der Waals surface area contributed by atoms with Crippen molar-refractivity contribution in [3.63, 3.8) is 0 Å². The molecule has 3 heterocycles. The van der Waals surface area contributed by atoms with E-state index < -0.39 is 0 Å². The van der Waals surface area contributed by atoms with Gasteiger partial charge in [0.2, 0.25) is 5.89 Å². The van der Waals surface area contributed by atoms with Gasteiger partial charge in [-0.1, -0.05) is 19.0 Å². The van der Waals surface area contributed by atoms with Crippen molar-refractivity contribution in [3.05, 3.63) is 29.2 Å². The molecule has 0 N–H and O–H groups in total. The highest BCUT2D eigenvalue weighted by atomic mass is 16.5. The maximum Gasteiger partial charge on any atom is 0.274 e. The Hall–Kier alpha value is -2.22. The molecule has 26 heavy (non-hydrogen) atoms. The standard InChI is InChI=1S/C18H26N6O2/c1-11(2)14-9-13(20-23(14)4)18(25)24-8-7-22(3)15(10-24)17-19-16(21-26-17)12-5-6-12/h9,11-12,15H,5-8,10H2,1-4H3/t15-/m0/s1. The largest absolute Gasteiger partial charge is 0.338 e. The molecular weight excluding hydrogens is 332 g/mol. The Labute approximate surface area is 153 Å². The summed E-state index contributed by atoms with van der Waals surface area (Å²) in [5.74, 6) is 2.17. The fraction of sp³-hybridized carbons (Fsp3) is 0.667. The van der Waals surface area contributed by atoms with Crippen LogP contribution in [0.3, 0.4) is 0 Å². The number of aromatic nitrogens is 4. The van der Waals surface area contributed by atoms with Gasteiger partial charge in [0.05, 0.1) is 0 Å². The monoisotopic (exact) mass is 358 g/mol. The summed E-state index contributed by atoms with van der Waals surface area (Å²) in [5.41, 5.74) is 1.56. The second-order valence-electron chi connectivity index (χ2n) is 7.75. The van der Waals surface area contributed by atoms with E-state index in [0.717, 1.165) is 30.9 Å². The van der Waals surface area contributed by atoms with E-state index >= 15 is 0 Å². The van der Waals surface area contributed by atoms with Crippen LogP contribution in [0, 0.1) is 0 Å². The van der Waals surface area contributed by atoms with E-state index in [-0.39, 0.29) is 11.9 Å². The van der Waals surface area contributed by atoms with Gasteiger partial charge in [0.25, 0.3) is 5.91 Å². The average Bonchev–Trinajstić information content (AvgIpc) is 3.21. The number of carbonyl (C=O) groups excluding carboxylic acids is 1. The minimum atomic E-state index is -0.0685. The molecule has 2 aliphatic rings. The Kier molecular flexibility index (Phi) is 4.30. The van der Waals surface area contributed by atoms with Crippen molar-refractivity contribution < 1.29 is 9.32 Å². The smallest absolute Gasteiger partial charge is 0.274 e. The van der Waals surface area contributed by atoms with Gasteiger partial charge in [-0.05, 0) is 31.9 Å². The van der Waals surface area contributed by atoms with Crippen molar-refractivity contribution in [2.75, 3.05) is 26.7 Å². The number of piperazine rings is 1. The molecule has 1 aliphatic carbocycles. The molecule has 4 rings (SSSR count). The first kappa shape index (κ1) is 17.2. The van der Waals surface area contributed by atoms with Gasteiger partial charge in [-0.3, -0.25) is 14.4 Å². The molecule has 0 spiro atoms. The second-order valence-corrected chi connectivity index (χ2v) is 7.75. The number of hydrogen-bond donors (Lipinski definition) is 0. The van der Waals surface area contributed by atoms with E-state index in [9.17, 15) is 4.79 Å². The van der Waals surface area contributed by atoms with Crippen molar-refractivity contribution in [2.24, 2.45) is 7.05 Å². The lowest BCUT2D eigenvalue weighted by molar-refractivity contribution is 0.0483. The first-order valence-electron chi connectivity index (χ1n) is 9.31. The fourth-order valence-electron chi connectivity index (χ4n) is 3.50. The Balaban J connectivity index is 1.51. The summed E-state index contributed by atoms with van der Waals surface area (Å²) in [6, 6.07) is 1.83. The third-order valence-corrected chi connectivity index (χ3v) is 5.35. The molecule has 0 bridgehead atoms. The molecule has 0 aromatic carbocycles. The van der Waals surface area contributed by atoms with E-state index in [2.05, 4.69) is 34.0 Å². The molecule has 1 atom stereocenters. The lowest BCUT2D eigenvalue weighted by Crippen LogP contribution is -2.49. The van der Waals surface area contributed by atoms with Crippen LogP contribution in [-0.4, -0.2) is 62.3 Å². The van der Waals surface area contributed by atoms with Crippen molar-refractivity contribution in [3.8, 4) is 0 Å². The summed E-state index contributed by atoms with van der Waals surface area (Å²) in [6.45, 7) is 6.17. The van der Waals surface area contributed by atoms with Gasteiger partial charge < -0.3 is 9.42 Å². The Morgan fingerprint density at radius 3 is 2.69 bits per heavy atom. The van der Waals surface area contributed by atoms with Crippen molar-refractivity contribution in [1.29, 1.82) is 0 Å². The minimum Gasteiger partial charge on any atom is -0.338 e. The summed E-state index contributed by atoms with van der Waals surface area (Å²) in [6.07, 6.45) is 2.28. The maximum atomic E-state index is 13.0. The van der Waals surface area contributed by atoms with Crippen LogP contribution in [0.4, 0.5) is 0 Å². The van der Waals surface area contributed by atoms with Gasteiger partial charge in [0.15, 0.2) is 11.5 Å². The van der Waals surface area contributed by atoms with Crippen LogP contribution in [0.1, 0.15) is 72.5 Å². The van der Waals surface area contributed by atoms with Crippen molar-refractivity contribution in [1.82, 2.24) is 29.7 Å². The molecule has 1 aliphatic heterocycles. The minimum absolute atomic E-state index is 0.0347. The number of aryl methyl sites for hydroxylation is 1. The quantitative estimate of drug-likeness (QED) is 0.831. The number of rotatable bonds is 4. The van der Waals surface area contributed by atoms with E-state index in [1.54, 1.807) is 4.68 Å². The molecule has 0 unspecified atom stereocenters. The van der Waals surface area contributed by atoms with Gasteiger partial charge >= 0.3 is 0 Å². The summed E-state index contributed by atoms with van der Waals surface area (Å²) < 4.78 is 7.30. The Morgan fingerprint density at radius 2 is 2.04 bits per heavy atom. The molecule has 2 aromatic rings. The molecule has 8 heteroatoms. The SMILES string of the molecule is CC(C)c1cc(C(=O)N2CCN(C)[C@H](c3nc(C4CC4)no3)C2)nn1C. The first-order chi connectivity index (χ1) is 12.4. The number of hydrogen-bond acceptors (Lipinski definition) is 6. The second kappa shape index (κ2) is 6.50. The van der Waals surface area contributed by atoms with E-state index in [4.69, 9.17) is 4.52 Å². The first-order valence-corrected chi connectivity index (χ1v) is 9.31. The van der Waals surface area contributed by atoms with Gasteiger partial charge in [0.1, 0.15) is 6.04 Å². The van der Waals surface area contributed by atoms with Gasteiger partial charge in [-0.2, -0.15) is 10.1 Å². The van der Waals surface area contributed by atoms with Gasteiger partial charge in [-0.15, -0.1) is 0 Å². The Bertz CT molecular complexity index is 806. The summed E-state index contributed by atoms with van der Waals surface area (Å²) in [5, 5.41) is 8.54. The average molecular weight is 358 g/mol. The predicted molar refractivity (Wildman–Crippen MR) is 94.8 cm³/mol. The highest BCUT2D eigenvalue weighted by molar-refractivity contribution is 5.92. The van der Waals surface area contributed by atoms with Crippen LogP contribution in [0.2, 0.25) is 0 Å². The number of likely N-dealkylation sites (N-methyl/N-ethyl adjacent to an activating group) is 1. The molecular formula is C18H26N6O2. The number of carbonyl (C=O) groups is 1. The van der Waals surface area contributed by atoms with Crippen LogP contribution in [0.15, 0.2) is 10.6 Å². The topological polar surface area (TPSA) is 80.3 Å². The lowest BCUT2D eigenvalue weighted by atomic mass is 10.1. The van der Waals surface area contributed by atoms with Gasteiger partial charge in [-0.25, -0.2) is 0 Å². The maximum absolute atomic E-state index is 13.0. The normalized spacial score (nSPS) is 21.6. The summed E-state index contributed by atoms with van der Waals surface area (Å²) in [7, 11) is 3.92. The zero-order valence-corrected chi connectivity index (χ0v) is 15.8. The third kappa shape index (κ3) is 3.13. The van der Waals surface area contributed by atoms with E-state index in [0.29, 0.717) is 36.5 Å². The highest BCUT2D eigenvalue weighted by Crippen LogP contribution is 2.38. The molecule has 140 valence electrons. The number of amides is 1. The van der Waals surface area contributed by atoms with Crippen LogP contribution in [0.5, 0.6) is 0 Å². The van der Waals surface area contributed by atoms with Gasteiger partial charge in [0, 0.05) is 38.3 Å². The van der Waals surface area contributed by atoms with E-state index in [1.807, 2.05) is 25.1 Å². The predicted octanol–water partition coefficient (Wildman–Crippen LogP) is 1.93. The van der Waals surface area contributed by atoms with Crippen LogP contribution < -0.4 is 0 Å². The number of nitrogens with zero attached hydrogens (tertiary/aromatic N) is 6. The third-order valence-electron chi connectivity index (χ3n) is 5.35. The zero-order valence-electron chi connectivity index (χ0n) is 15.8. The summed E-state index contributed by atoms with van der Waals surface area (Å²) in [4.78, 5) is 21.6. The van der Waals surface area contributed by atoms with Crippen molar-refractivity contribution in [2.45, 2.75) is 44.6 Å². The molecule has 0 radical (unpaired) electrons. The van der Waals surface area contributed by atoms with Crippen LogP contribution in [-0.2, 0) is 7.05 Å². The molecule has 1 saturated carbocycles. The zero-order chi connectivity index (χ0) is 18.4. The molecule has 8 nitrogen and oxygen atoms in total.